The van der Waals surface area contributed by atoms with Crippen LogP contribution in [-0.2, 0) is 59.2 Å². The summed E-state index contributed by atoms with van der Waals surface area (Å²) in [5.74, 6) is -9.79. The van der Waals surface area contributed by atoms with E-state index in [1.54, 1.807) is 13.8 Å². The number of aliphatic hydroxyl groups excluding tert-OH is 1. The Labute approximate surface area is 406 Å². The van der Waals surface area contributed by atoms with Crippen molar-refractivity contribution in [2.45, 2.75) is 134 Å². The summed E-state index contributed by atoms with van der Waals surface area (Å²) in [6, 6.07) is -3.59. The van der Waals surface area contributed by atoms with Crippen molar-refractivity contribution in [1.29, 1.82) is 0 Å². The molecule has 16 N–H and O–H groups in total. The van der Waals surface area contributed by atoms with Crippen LogP contribution in [-0.4, -0.2) is 156 Å². The summed E-state index contributed by atoms with van der Waals surface area (Å²) in [5.41, 5.74) is 16.6. The lowest BCUT2D eigenvalue weighted by Crippen LogP contribution is -2.62. The van der Waals surface area contributed by atoms with Gasteiger partial charge in [0.15, 0.2) is 0 Å². The van der Waals surface area contributed by atoms with Crippen molar-refractivity contribution in [3.8, 4) is 5.75 Å². The van der Waals surface area contributed by atoms with Crippen LogP contribution in [0.4, 0.5) is 0 Å². The molecule has 1 aromatic carbocycles. The predicted molar refractivity (Wildman–Crippen MR) is 252 cm³/mol. The lowest BCUT2D eigenvalue weighted by Gasteiger charge is -2.31. The Morgan fingerprint density at radius 1 is 0.714 bits per heavy atom. The average molecular weight is 989 g/mol. The monoisotopic (exact) mass is 989 g/mol. The molecule has 2 rings (SSSR count). The molecule has 70 heavy (non-hydrogen) atoms. The maximum atomic E-state index is 14.1. The van der Waals surface area contributed by atoms with Crippen molar-refractivity contribution in [1.82, 2.24) is 47.4 Å². The molecule has 0 aliphatic carbocycles. The van der Waals surface area contributed by atoms with Crippen LogP contribution >= 0.6 is 0 Å². The standard InChI is InChI=1S/C45H72N12O13/c1-6-25(4)38(56-42(67)30(51-37(63)10-8-18-58)20-26-11-13-27(59)14-12-26)44(69)52-28(15-16-34(46)60)40(65)53-31(21-35(47)61)41(66)55-32(22-49-5)45(70)57-17-7-9-33(57)43(68)54-29(19-24(2)3)39(64)50-23-36(48)62/h11-14,24-25,28-33,38,49,58-59H,6-10,15-23H2,1-5H3,(H2,46,60)(H2,47,61)(H2,48,62)(H,50,64)(H,51,63)(H,52,69)(H,53,65)(H,54,68)(H,55,66)(H,56,67)/t25-,28-,29-,30-,31-,32-,33-,38-/m0/s1. The molecule has 25 heteroatoms. The Bertz CT molecular complexity index is 2000. The van der Waals surface area contributed by atoms with Gasteiger partial charge in [-0.05, 0) is 68.7 Å². The lowest BCUT2D eigenvalue weighted by atomic mass is 9.96. The van der Waals surface area contributed by atoms with Crippen LogP contribution < -0.4 is 59.7 Å². The molecule has 25 nitrogen and oxygen atoms in total. The Kier molecular flexibility index (Phi) is 25.3. The molecule has 0 aromatic heterocycles. The number of hydrogen-bond donors (Lipinski definition) is 13. The minimum absolute atomic E-state index is 0.0359. The number of carbonyl (C=O) groups is 11. The summed E-state index contributed by atoms with van der Waals surface area (Å²) in [6.07, 6.45) is -0.587. The highest BCUT2D eigenvalue weighted by Gasteiger charge is 2.40. The normalized spacial score (nSPS) is 16.2. The van der Waals surface area contributed by atoms with Gasteiger partial charge in [-0.2, -0.15) is 0 Å². The molecule has 1 aliphatic rings. The van der Waals surface area contributed by atoms with Gasteiger partial charge in [-0.25, -0.2) is 0 Å². The minimum atomic E-state index is -1.75. The van der Waals surface area contributed by atoms with E-state index in [-0.39, 0.29) is 63.5 Å². The fourth-order valence-electron chi connectivity index (χ4n) is 7.49. The number of carbonyl (C=O) groups excluding carboxylic acids is 11. The number of nitrogens with zero attached hydrogens (tertiary/aromatic N) is 1. The second-order valence-corrected chi connectivity index (χ2v) is 17.7. The van der Waals surface area contributed by atoms with E-state index in [0.717, 1.165) is 0 Å². The number of phenolic OH excluding ortho intramolecular Hbond substituents is 1. The van der Waals surface area contributed by atoms with Gasteiger partial charge in [0.2, 0.25) is 65.0 Å². The van der Waals surface area contributed by atoms with Crippen LogP contribution in [0.25, 0.3) is 0 Å². The van der Waals surface area contributed by atoms with Crippen LogP contribution in [0.3, 0.4) is 0 Å². The highest BCUT2D eigenvalue weighted by molar-refractivity contribution is 5.99. The van der Waals surface area contributed by atoms with Gasteiger partial charge in [0.25, 0.3) is 0 Å². The Morgan fingerprint density at radius 3 is 1.90 bits per heavy atom. The number of phenols is 1. The molecule has 1 saturated heterocycles. The zero-order valence-corrected chi connectivity index (χ0v) is 40.5. The summed E-state index contributed by atoms with van der Waals surface area (Å²) in [7, 11) is 1.48. The first-order valence-corrected chi connectivity index (χ1v) is 23.3. The second kappa shape index (κ2) is 29.9. The number of primary amides is 3. The number of aromatic hydroxyl groups is 1. The third kappa shape index (κ3) is 20.4. The third-order valence-corrected chi connectivity index (χ3v) is 11.4. The molecule has 1 fully saturated rings. The van der Waals surface area contributed by atoms with E-state index >= 15 is 0 Å². The van der Waals surface area contributed by atoms with Gasteiger partial charge in [0, 0.05) is 39.0 Å². The molecule has 0 saturated carbocycles. The van der Waals surface area contributed by atoms with Gasteiger partial charge in [-0.15, -0.1) is 0 Å². The summed E-state index contributed by atoms with van der Waals surface area (Å²) < 4.78 is 0. The van der Waals surface area contributed by atoms with E-state index in [2.05, 4.69) is 42.5 Å². The molecule has 1 aromatic rings. The number of likely N-dealkylation sites (N-methyl/N-ethyl adjacent to an activating group) is 1. The summed E-state index contributed by atoms with van der Waals surface area (Å²) in [4.78, 5) is 146. The van der Waals surface area contributed by atoms with Crippen molar-refractivity contribution in [3.63, 3.8) is 0 Å². The minimum Gasteiger partial charge on any atom is -0.508 e. The Balaban J connectivity index is 2.36. The first kappa shape index (κ1) is 59.2. The number of rotatable bonds is 31. The molecular formula is C45H72N12O13. The van der Waals surface area contributed by atoms with E-state index in [1.807, 2.05) is 13.8 Å². The molecule has 11 amide bonds. The molecule has 0 bridgehead atoms. The van der Waals surface area contributed by atoms with Crippen LogP contribution in [0.5, 0.6) is 5.75 Å². The van der Waals surface area contributed by atoms with Gasteiger partial charge in [0.1, 0.15) is 48.0 Å². The van der Waals surface area contributed by atoms with Gasteiger partial charge in [-0.1, -0.05) is 46.2 Å². The van der Waals surface area contributed by atoms with Gasteiger partial charge >= 0.3 is 0 Å². The summed E-state index contributed by atoms with van der Waals surface area (Å²) in [6.45, 7) is 6.18. The van der Waals surface area contributed by atoms with Crippen molar-refractivity contribution in [2.24, 2.45) is 29.0 Å². The van der Waals surface area contributed by atoms with Crippen LogP contribution in [0.1, 0.15) is 91.0 Å². The number of likely N-dealkylation sites (tertiary alicyclic amines) is 1. The molecule has 1 aliphatic heterocycles. The van der Waals surface area contributed by atoms with E-state index in [9.17, 15) is 63.0 Å². The number of benzene rings is 1. The Hall–Kier alpha value is -6.89. The molecule has 1 heterocycles. The number of nitrogens with two attached hydrogens (primary N) is 3. The molecule has 0 spiro atoms. The van der Waals surface area contributed by atoms with Crippen LogP contribution in [0.2, 0.25) is 0 Å². The van der Waals surface area contributed by atoms with Crippen LogP contribution in [0.15, 0.2) is 24.3 Å². The van der Waals surface area contributed by atoms with Crippen molar-refractivity contribution in [2.75, 3.05) is 33.3 Å². The smallest absolute Gasteiger partial charge is 0.247 e. The molecule has 390 valence electrons. The van der Waals surface area contributed by atoms with E-state index in [0.29, 0.717) is 18.4 Å². The molecule has 0 unspecified atom stereocenters. The SMILES string of the molecule is CC[C@H](C)[C@H](NC(=O)[C@H](Cc1ccc(O)cc1)NC(=O)CCCO)C(=O)N[C@@H](CCC(N)=O)C(=O)N[C@@H](CC(N)=O)C(=O)N[C@@H](CNC)C(=O)N1CCC[C@H]1C(=O)N[C@@H](CC(C)C)C(=O)NCC(N)=O. The highest BCUT2D eigenvalue weighted by Crippen LogP contribution is 2.20. The van der Waals surface area contributed by atoms with E-state index in [4.69, 9.17) is 17.2 Å². The fourth-order valence-corrected chi connectivity index (χ4v) is 7.49. The summed E-state index contributed by atoms with van der Waals surface area (Å²) >= 11 is 0. The Morgan fingerprint density at radius 2 is 1.33 bits per heavy atom. The first-order chi connectivity index (χ1) is 33.0. The topological polar surface area (TPSA) is 406 Å². The third-order valence-electron chi connectivity index (χ3n) is 11.4. The van der Waals surface area contributed by atoms with Gasteiger partial charge in [0.05, 0.1) is 13.0 Å². The zero-order chi connectivity index (χ0) is 52.7. The van der Waals surface area contributed by atoms with E-state index < -0.39 is 139 Å². The second-order valence-electron chi connectivity index (χ2n) is 17.7. The first-order valence-electron chi connectivity index (χ1n) is 23.3. The zero-order valence-electron chi connectivity index (χ0n) is 40.5. The van der Waals surface area contributed by atoms with Gasteiger partial charge < -0.3 is 74.8 Å². The molecular weight excluding hydrogens is 917 g/mol. The highest BCUT2D eigenvalue weighted by atomic mass is 16.3. The number of aliphatic hydroxyl groups is 1. The lowest BCUT2D eigenvalue weighted by molar-refractivity contribution is -0.142. The van der Waals surface area contributed by atoms with Crippen molar-refractivity contribution < 1.29 is 63.0 Å². The van der Waals surface area contributed by atoms with Crippen LogP contribution in [0, 0.1) is 11.8 Å². The van der Waals surface area contributed by atoms with Crippen molar-refractivity contribution >= 4 is 65.0 Å². The average Bonchev–Trinajstić information content (AvgIpc) is 3.80. The van der Waals surface area contributed by atoms with Crippen molar-refractivity contribution in [3.05, 3.63) is 29.8 Å². The molecule has 0 radical (unpaired) electrons. The largest absolute Gasteiger partial charge is 0.508 e. The summed E-state index contributed by atoms with van der Waals surface area (Å²) in [5, 5.41) is 39.4. The van der Waals surface area contributed by atoms with E-state index in [1.165, 1.54) is 36.2 Å². The number of amides is 11. The van der Waals surface area contributed by atoms with Gasteiger partial charge in [-0.3, -0.25) is 52.7 Å². The molecule has 8 atom stereocenters. The maximum absolute atomic E-state index is 14.1. The predicted octanol–water partition coefficient (Wildman–Crippen LogP) is -4.34. The quantitative estimate of drug-likeness (QED) is 0.0335. The fraction of sp³-hybridized carbons (Fsp3) is 0.622. The maximum Gasteiger partial charge on any atom is 0.247 e. The number of nitrogens with one attached hydrogen (secondary N) is 8. The number of hydrogen-bond acceptors (Lipinski definition) is 14.